The predicted octanol–water partition coefficient (Wildman–Crippen LogP) is 2.59. The molecule has 0 saturated heterocycles. The highest BCUT2D eigenvalue weighted by molar-refractivity contribution is 6.30. The molecule has 2 amide bonds. The van der Waals surface area contributed by atoms with Gasteiger partial charge in [-0.15, -0.1) is 0 Å². The van der Waals surface area contributed by atoms with Crippen LogP contribution in [0.15, 0.2) is 36.4 Å². The van der Waals surface area contributed by atoms with Gasteiger partial charge in [0, 0.05) is 23.8 Å². The van der Waals surface area contributed by atoms with Crippen molar-refractivity contribution >= 4 is 29.1 Å². The number of aromatic nitrogens is 1. The summed E-state index contributed by atoms with van der Waals surface area (Å²) in [4.78, 5) is 30.6. The Bertz CT molecular complexity index is 777. The van der Waals surface area contributed by atoms with Crippen molar-refractivity contribution in [1.82, 2.24) is 15.2 Å². The van der Waals surface area contributed by atoms with Crippen LogP contribution < -0.4 is 10.6 Å². The molecule has 0 aliphatic carbocycles. The summed E-state index contributed by atoms with van der Waals surface area (Å²) >= 11 is 5.91. The number of carbonyl (C=O) groups is 2. The average molecular weight is 361 g/mol. The van der Waals surface area contributed by atoms with Gasteiger partial charge in [0.05, 0.1) is 0 Å². The van der Waals surface area contributed by atoms with Crippen molar-refractivity contribution < 1.29 is 9.59 Å². The molecular formula is C18H21ClN4O2. The number of rotatable bonds is 6. The van der Waals surface area contributed by atoms with Crippen molar-refractivity contribution in [2.45, 2.75) is 6.92 Å². The lowest BCUT2D eigenvalue weighted by Gasteiger charge is -2.11. The first-order valence-corrected chi connectivity index (χ1v) is 8.22. The van der Waals surface area contributed by atoms with Crippen LogP contribution in [0.1, 0.15) is 26.5 Å². The fourth-order valence-corrected chi connectivity index (χ4v) is 2.35. The van der Waals surface area contributed by atoms with Crippen LogP contribution in [-0.2, 0) is 0 Å². The van der Waals surface area contributed by atoms with Gasteiger partial charge in [0.15, 0.2) is 0 Å². The average Bonchev–Trinajstić information content (AvgIpc) is 2.57. The first kappa shape index (κ1) is 18.9. The van der Waals surface area contributed by atoms with Gasteiger partial charge in [-0.2, -0.15) is 0 Å². The highest BCUT2D eigenvalue weighted by Crippen LogP contribution is 2.20. The Labute approximate surface area is 152 Å². The van der Waals surface area contributed by atoms with E-state index in [1.807, 2.05) is 25.9 Å². The van der Waals surface area contributed by atoms with Crippen molar-refractivity contribution in [3.63, 3.8) is 0 Å². The van der Waals surface area contributed by atoms with E-state index in [-0.39, 0.29) is 23.2 Å². The summed E-state index contributed by atoms with van der Waals surface area (Å²) in [6, 6.07) is 9.97. The molecule has 2 N–H and O–H groups in total. The Hall–Kier alpha value is -2.44. The molecule has 2 aromatic rings. The van der Waals surface area contributed by atoms with Gasteiger partial charge in [0.2, 0.25) is 0 Å². The van der Waals surface area contributed by atoms with E-state index in [2.05, 4.69) is 15.6 Å². The minimum absolute atomic E-state index is 0.176. The van der Waals surface area contributed by atoms with Gasteiger partial charge in [-0.1, -0.05) is 17.7 Å². The Morgan fingerprint density at radius 1 is 1.12 bits per heavy atom. The third-order valence-electron chi connectivity index (χ3n) is 3.50. The number of halogens is 1. The van der Waals surface area contributed by atoms with Gasteiger partial charge < -0.3 is 15.5 Å². The maximum absolute atomic E-state index is 12.4. The lowest BCUT2D eigenvalue weighted by molar-refractivity contribution is 0.0946. The summed E-state index contributed by atoms with van der Waals surface area (Å²) in [5.41, 5.74) is 1.88. The number of hydrogen-bond acceptors (Lipinski definition) is 4. The summed E-state index contributed by atoms with van der Waals surface area (Å²) in [5, 5.41) is 6.15. The molecule has 0 saturated carbocycles. The quantitative estimate of drug-likeness (QED) is 0.830. The smallest absolute Gasteiger partial charge is 0.274 e. The minimum atomic E-state index is -0.381. The second kappa shape index (κ2) is 8.60. The maximum Gasteiger partial charge on any atom is 0.274 e. The number of anilines is 1. The van der Waals surface area contributed by atoms with E-state index in [1.54, 1.807) is 36.4 Å². The number of likely N-dealkylation sites (N-methyl/N-ethyl adjacent to an activating group) is 1. The number of nitrogens with one attached hydrogen (secondary N) is 2. The molecule has 0 aliphatic rings. The number of benzene rings is 1. The van der Waals surface area contributed by atoms with Gasteiger partial charge in [-0.3, -0.25) is 9.59 Å². The third kappa shape index (κ3) is 5.55. The number of aryl methyl sites for hydroxylation is 1. The van der Waals surface area contributed by atoms with Crippen molar-refractivity contribution in [1.29, 1.82) is 0 Å². The van der Waals surface area contributed by atoms with E-state index in [0.717, 1.165) is 12.1 Å². The van der Waals surface area contributed by atoms with Crippen molar-refractivity contribution in [2.24, 2.45) is 0 Å². The van der Waals surface area contributed by atoms with Crippen molar-refractivity contribution in [2.75, 3.05) is 32.5 Å². The zero-order chi connectivity index (χ0) is 18.4. The summed E-state index contributed by atoms with van der Waals surface area (Å²) in [7, 11) is 3.85. The SMILES string of the molecule is Cc1cc(Cl)ccc1NC(=O)c1cccc(C(=O)NCCN(C)C)n1. The molecule has 6 nitrogen and oxygen atoms in total. The van der Waals surface area contributed by atoms with E-state index in [9.17, 15) is 9.59 Å². The number of pyridine rings is 1. The van der Waals surface area contributed by atoms with Gasteiger partial charge >= 0.3 is 0 Å². The van der Waals surface area contributed by atoms with Crippen LogP contribution in [0.3, 0.4) is 0 Å². The summed E-state index contributed by atoms with van der Waals surface area (Å²) in [6.45, 7) is 3.08. The highest BCUT2D eigenvalue weighted by Gasteiger charge is 2.13. The molecule has 0 spiro atoms. The summed E-state index contributed by atoms with van der Waals surface area (Å²) in [6.07, 6.45) is 0. The van der Waals surface area contributed by atoms with E-state index >= 15 is 0 Å². The molecule has 2 rings (SSSR count). The normalized spacial score (nSPS) is 10.6. The second-order valence-corrected chi connectivity index (χ2v) is 6.32. The molecule has 1 aromatic heterocycles. The van der Waals surface area contributed by atoms with E-state index in [0.29, 0.717) is 17.3 Å². The molecule has 0 radical (unpaired) electrons. The Morgan fingerprint density at radius 2 is 1.80 bits per heavy atom. The largest absolute Gasteiger partial charge is 0.349 e. The minimum Gasteiger partial charge on any atom is -0.349 e. The number of carbonyl (C=O) groups excluding carboxylic acids is 2. The fourth-order valence-electron chi connectivity index (χ4n) is 2.12. The van der Waals surface area contributed by atoms with Crippen LogP contribution in [-0.4, -0.2) is 48.9 Å². The lowest BCUT2D eigenvalue weighted by atomic mass is 10.2. The Balaban J connectivity index is 2.06. The van der Waals surface area contributed by atoms with Crippen LogP contribution in [0.2, 0.25) is 5.02 Å². The Morgan fingerprint density at radius 3 is 2.44 bits per heavy atom. The van der Waals surface area contributed by atoms with Crippen LogP contribution in [0.4, 0.5) is 5.69 Å². The van der Waals surface area contributed by atoms with Gasteiger partial charge in [-0.05, 0) is 56.9 Å². The second-order valence-electron chi connectivity index (χ2n) is 5.88. The van der Waals surface area contributed by atoms with Crippen LogP contribution in [0, 0.1) is 6.92 Å². The standard InChI is InChI=1S/C18H21ClN4O2/c1-12-11-13(19)7-8-14(12)22-18(25)16-6-4-5-15(21-16)17(24)20-9-10-23(2)3/h4-8,11H,9-10H2,1-3H3,(H,20,24)(H,22,25). The number of nitrogens with zero attached hydrogens (tertiary/aromatic N) is 2. The molecule has 0 fully saturated rings. The molecule has 0 aliphatic heterocycles. The van der Waals surface area contributed by atoms with Gasteiger partial charge in [-0.25, -0.2) is 4.98 Å². The van der Waals surface area contributed by atoms with Crippen LogP contribution >= 0.6 is 11.6 Å². The molecule has 1 heterocycles. The molecule has 25 heavy (non-hydrogen) atoms. The molecule has 0 bridgehead atoms. The van der Waals surface area contributed by atoms with Crippen molar-refractivity contribution in [3.05, 3.63) is 58.4 Å². The first-order valence-electron chi connectivity index (χ1n) is 7.84. The van der Waals surface area contributed by atoms with Crippen LogP contribution in [0.5, 0.6) is 0 Å². The third-order valence-corrected chi connectivity index (χ3v) is 3.73. The van der Waals surface area contributed by atoms with E-state index in [1.165, 1.54) is 0 Å². The van der Waals surface area contributed by atoms with Gasteiger partial charge in [0.25, 0.3) is 11.8 Å². The van der Waals surface area contributed by atoms with Crippen LogP contribution in [0.25, 0.3) is 0 Å². The fraction of sp³-hybridized carbons (Fsp3) is 0.278. The molecular weight excluding hydrogens is 340 g/mol. The molecule has 0 unspecified atom stereocenters. The topological polar surface area (TPSA) is 74.3 Å². The lowest BCUT2D eigenvalue weighted by Crippen LogP contribution is -2.32. The molecule has 0 atom stereocenters. The first-order chi connectivity index (χ1) is 11.9. The number of amides is 2. The van der Waals surface area contributed by atoms with E-state index < -0.39 is 0 Å². The van der Waals surface area contributed by atoms with Crippen molar-refractivity contribution in [3.8, 4) is 0 Å². The van der Waals surface area contributed by atoms with Gasteiger partial charge in [0.1, 0.15) is 11.4 Å². The summed E-state index contributed by atoms with van der Waals surface area (Å²) < 4.78 is 0. The zero-order valence-corrected chi connectivity index (χ0v) is 15.2. The molecule has 132 valence electrons. The highest BCUT2D eigenvalue weighted by atomic mass is 35.5. The molecule has 7 heteroatoms. The Kier molecular flexibility index (Phi) is 6.50. The maximum atomic E-state index is 12.4. The monoisotopic (exact) mass is 360 g/mol. The van der Waals surface area contributed by atoms with E-state index in [4.69, 9.17) is 11.6 Å². The summed E-state index contributed by atoms with van der Waals surface area (Å²) in [5.74, 6) is -0.687. The predicted molar refractivity (Wildman–Crippen MR) is 99.3 cm³/mol. The molecule has 1 aromatic carbocycles. The number of hydrogen-bond donors (Lipinski definition) is 2. The zero-order valence-electron chi connectivity index (χ0n) is 14.5.